The van der Waals surface area contributed by atoms with Crippen LogP contribution in [-0.2, 0) is 4.79 Å². The highest BCUT2D eigenvalue weighted by Crippen LogP contribution is 2.29. The van der Waals surface area contributed by atoms with Crippen molar-refractivity contribution in [1.82, 2.24) is 15.1 Å². The van der Waals surface area contributed by atoms with Gasteiger partial charge < -0.3 is 25.6 Å². The van der Waals surface area contributed by atoms with Gasteiger partial charge in [0, 0.05) is 44.8 Å². The third-order valence-corrected chi connectivity index (χ3v) is 6.54. The first-order valence-corrected chi connectivity index (χ1v) is 11.8. The molecule has 2 amide bonds. The fraction of sp³-hybridized carbons (Fsp3) is 0.583. The molecule has 3 rings (SSSR count). The topological polar surface area (TPSA) is 87.9 Å². The van der Waals surface area contributed by atoms with Crippen molar-refractivity contribution in [3.63, 3.8) is 0 Å². The molecular formula is C24H33ClN4O3. The van der Waals surface area contributed by atoms with Gasteiger partial charge in [-0.3, -0.25) is 9.59 Å². The average molecular weight is 461 g/mol. The maximum atomic E-state index is 12.9. The molecule has 2 aliphatic heterocycles. The summed E-state index contributed by atoms with van der Waals surface area (Å²) >= 11 is 6.13. The summed E-state index contributed by atoms with van der Waals surface area (Å²) in [6.45, 7) is 8.53. The van der Waals surface area contributed by atoms with Crippen molar-refractivity contribution in [2.45, 2.75) is 45.6 Å². The van der Waals surface area contributed by atoms with Gasteiger partial charge in [0.25, 0.3) is 11.8 Å². The van der Waals surface area contributed by atoms with Crippen molar-refractivity contribution < 1.29 is 14.3 Å². The van der Waals surface area contributed by atoms with Crippen LogP contribution in [0.25, 0.3) is 0 Å². The van der Waals surface area contributed by atoms with Gasteiger partial charge in [-0.05, 0) is 57.4 Å². The van der Waals surface area contributed by atoms with Crippen LogP contribution >= 0.6 is 11.6 Å². The first kappa shape index (κ1) is 24.2. The Balaban J connectivity index is 1.45. The van der Waals surface area contributed by atoms with Gasteiger partial charge in [-0.15, -0.1) is 0 Å². The van der Waals surface area contributed by atoms with Crippen molar-refractivity contribution in [1.29, 1.82) is 0 Å². The van der Waals surface area contributed by atoms with Crippen LogP contribution in [0.4, 0.5) is 5.69 Å². The molecule has 174 valence electrons. The van der Waals surface area contributed by atoms with Gasteiger partial charge in [0.2, 0.25) is 0 Å². The van der Waals surface area contributed by atoms with E-state index in [1.165, 1.54) is 0 Å². The second-order valence-corrected chi connectivity index (χ2v) is 8.87. The van der Waals surface area contributed by atoms with Crippen LogP contribution < -0.4 is 15.8 Å². The number of nitrogens with zero attached hydrogens (tertiary/aromatic N) is 2. The lowest BCUT2D eigenvalue weighted by molar-refractivity contribution is -0.126. The predicted octanol–water partition coefficient (Wildman–Crippen LogP) is 2.78. The number of hydrogen-bond donors (Lipinski definition) is 2. The molecule has 2 fully saturated rings. The first-order valence-electron chi connectivity index (χ1n) is 11.4. The Morgan fingerprint density at radius 3 is 2.50 bits per heavy atom. The number of benzene rings is 1. The highest BCUT2D eigenvalue weighted by atomic mass is 35.5. The van der Waals surface area contributed by atoms with Crippen molar-refractivity contribution in [2.24, 2.45) is 5.92 Å². The summed E-state index contributed by atoms with van der Waals surface area (Å²) in [5, 5.41) is 3.48. The lowest BCUT2D eigenvalue weighted by Gasteiger charge is -2.37. The smallest absolute Gasteiger partial charge is 0.298 e. The third kappa shape index (κ3) is 6.30. The van der Waals surface area contributed by atoms with E-state index in [0.717, 1.165) is 58.4 Å². The summed E-state index contributed by atoms with van der Waals surface area (Å²) < 4.78 is 5.58. The molecule has 0 saturated carbocycles. The summed E-state index contributed by atoms with van der Waals surface area (Å²) in [5.41, 5.74) is 6.67. The zero-order chi connectivity index (χ0) is 23.1. The van der Waals surface area contributed by atoms with E-state index in [1.54, 1.807) is 19.1 Å². The molecule has 0 bridgehead atoms. The molecule has 8 heteroatoms. The molecule has 2 heterocycles. The molecule has 0 unspecified atom stereocenters. The molecule has 0 atom stereocenters. The Morgan fingerprint density at radius 1 is 1.19 bits per heavy atom. The molecule has 3 N–H and O–H groups in total. The van der Waals surface area contributed by atoms with E-state index in [1.807, 2.05) is 11.8 Å². The predicted molar refractivity (Wildman–Crippen MR) is 127 cm³/mol. The van der Waals surface area contributed by atoms with Gasteiger partial charge in [-0.25, -0.2) is 0 Å². The minimum atomic E-state index is -0.180. The highest BCUT2D eigenvalue weighted by Gasteiger charge is 2.27. The average Bonchev–Trinajstić information content (AvgIpc) is 2.78. The Kier molecular flexibility index (Phi) is 8.66. The van der Waals surface area contributed by atoms with Crippen molar-refractivity contribution in [3.8, 4) is 17.6 Å². The summed E-state index contributed by atoms with van der Waals surface area (Å²) in [6, 6.07) is 3.31. The fourth-order valence-corrected chi connectivity index (χ4v) is 4.58. The number of hydrogen-bond acceptors (Lipinski definition) is 5. The second-order valence-electron chi connectivity index (χ2n) is 8.46. The summed E-state index contributed by atoms with van der Waals surface area (Å²) in [4.78, 5) is 29.1. The van der Waals surface area contributed by atoms with Crippen LogP contribution in [0, 0.1) is 17.8 Å². The number of carbonyl (C=O) groups excluding carboxylic acids is 2. The number of nitrogen functional groups attached to an aromatic ring is 1. The zero-order valence-electron chi connectivity index (χ0n) is 19.0. The standard InChI is InChI=1S/C24H33ClN4O3/c1-3-5-23(30)29-12-6-17(7-13-29)16-28-10-8-18(9-11-28)27-24(31)19-14-20(25)21(26)15-22(19)32-4-2/h14-15,17-18H,4,6-13,16,26H2,1-2H3,(H,27,31). The van der Waals surface area contributed by atoms with Crippen LogP contribution in [-0.4, -0.2) is 67.0 Å². The van der Waals surface area contributed by atoms with E-state index in [4.69, 9.17) is 22.1 Å². The Bertz CT molecular complexity index is 879. The number of anilines is 1. The van der Waals surface area contributed by atoms with Gasteiger partial charge in [0.15, 0.2) is 0 Å². The van der Waals surface area contributed by atoms with E-state index in [-0.39, 0.29) is 17.9 Å². The summed E-state index contributed by atoms with van der Waals surface area (Å²) in [5.74, 6) is 6.14. The van der Waals surface area contributed by atoms with E-state index in [0.29, 0.717) is 34.5 Å². The number of likely N-dealkylation sites (tertiary alicyclic amines) is 2. The number of nitrogens with two attached hydrogens (primary N) is 1. The van der Waals surface area contributed by atoms with E-state index >= 15 is 0 Å². The van der Waals surface area contributed by atoms with Crippen LogP contribution in [0.5, 0.6) is 5.75 Å². The number of carbonyl (C=O) groups is 2. The molecule has 0 aromatic heterocycles. The van der Waals surface area contributed by atoms with Crippen molar-refractivity contribution in [3.05, 3.63) is 22.7 Å². The first-order chi connectivity index (χ1) is 15.4. The molecule has 32 heavy (non-hydrogen) atoms. The van der Waals surface area contributed by atoms with Gasteiger partial charge in [0.1, 0.15) is 5.75 Å². The normalized spacial score (nSPS) is 18.0. The Labute approximate surface area is 195 Å². The number of nitrogens with one attached hydrogen (secondary N) is 1. The Hall–Kier alpha value is -2.43. The largest absolute Gasteiger partial charge is 0.493 e. The van der Waals surface area contributed by atoms with Gasteiger partial charge in [-0.1, -0.05) is 17.5 Å². The lowest BCUT2D eigenvalue weighted by Crippen LogP contribution is -2.47. The maximum absolute atomic E-state index is 12.9. The molecule has 2 saturated heterocycles. The molecule has 7 nitrogen and oxygen atoms in total. The van der Waals surface area contributed by atoms with Gasteiger partial charge in [-0.2, -0.15) is 0 Å². The van der Waals surface area contributed by atoms with E-state index in [9.17, 15) is 9.59 Å². The quantitative estimate of drug-likeness (QED) is 0.503. The number of ether oxygens (including phenoxy) is 1. The molecule has 0 radical (unpaired) electrons. The van der Waals surface area contributed by atoms with E-state index < -0.39 is 0 Å². The summed E-state index contributed by atoms with van der Waals surface area (Å²) in [6.07, 6.45) is 3.85. The molecule has 1 aromatic rings. The molecule has 0 aliphatic carbocycles. The molecule has 2 aliphatic rings. The lowest BCUT2D eigenvalue weighted by atomic mass is 9.94. The molecular weight excluding hydrogens is 428 g/mol. The zero-order valence-corrected chi connectivity index (χ0v) is 19.7. The Morgan fingerprint density at radius 2 is 1.88 bits per heavy atom. The maximum Gasteiger partial charge on any atom is 0.298 e. The van der Waals surface area contributed by atoms with Gasteiger partial charge >= 0.3 is 0 Å². The number of piperidine rings is 2. The van der Waals surface area contributed by atoms with Crippen LogP contribution in [0.2, 0.25) is 5.02 Å². The molecule has 0 spiro atoms. The molecule has 1 aromatic carbocycles. The van der Waals surface area contributed by atoms with Crippen LogP contribution in [0.1, 0.15) is 49.9 Å². The number of amides is 2. The highest BCUT2D eigenvalue weighted by molar-refractivity contribution is 6.33. The fourth-order valence-electron chi connectivity index (χ4n) is 4.41. The van der Waals surface area contributed by atoms with Crippen molar-refractivity contribution >= 4 is 29.1 Å². The second kappa shape index (κ2) is 11.4. The number of rotatable bonds is 6. The SMILES string of the molecule is CC#CC(=O)N1CCC(CN2CCC(NC(=O)c3cc(Cl)c(N)cc3OCC)CC2)CC1. The van der Waals surface area contributed by atoms with Crippen LogP contribution in [0.3, 0.4) is 0 Å². The monoisotopic (exact) mass is 460 g/mol. The van der Waals surface area contributed by atoms with Gasteiger partial charge in [0.05, 0.1) is 22.9 Å². The minimum absolute atomic E-state index is 0.0580. The van der Waals surface area contributed by atoms with E-state index in [2.05, 4.69) is 22.1 Å². The minimum Gasteiger partial charge on any atom is -0.493 e. The summed E-state index contributed by atoms with van der Waals surface area (Å²) in [7, 11) is 0. The number of halogens is 1. The van der Waals surface area contributed by atoms with Crippen molar-refractivity contribution in [2.75, 3.05) is 45.1 Å². The third-order valence-electron chi connectivity index (χ3n) is 6.22. The van der Waals surface area contributed by atoms with Crippen LogP contribution in [0.15, 0.2) is 12.1 Å².